The van der Waals surface area contributed by atoms with Crippen LogP contribution in [0.15, 0.2) is 83.0 Å². The smallest absolute Gasteiger partial charge is 0.301 e. The third kappa shape index (κ3) is 5.03. The maximum absolute atomic E-state index is 13.3. The Balaban J connectivity index is 1.52. The van der Waals surface area contributed by atoms with E-state index in [1.807, 2.05) is 31.2 Å². The van der Waals surface area contributed by atoms with Gasteiger partial charge in [-0.25, -0.2) is 4.39 Å². The summed E-state index contributed by atoms with van der Waals surface area (Å²) in [6, 6.07) is 16.1. The van der Waals surface area contributed by atoms with Crippen molar-refractivity contribution >= 4 is 45.7 Å². The number of carbonyl (C=O) groups is 2. The fourth-order valence-corrected chi connectivity index (χ4v) is 5.85. The number of aromatic nitrogens is 3. The summed E-state index contributed by atoms with van der Waals surface area (Å²) in [5, 5.41) is 19.8. The molecule has 10 heteroatoms. The summed E-state index contributed by atoms with van der Waals surface area (Å²) >= 11 is 2.58. The van der Waals surface area contributed by atoms with Crippen molar-refractivity contribution in [2.24, 2.45) is 0 Å². The maximum Gasteiger partial charge on any atom is 0.301 e. The fourth-order valence-electron chi connectivity index (χ4n) is 4.03. The zero-order valence-corrected chi connectivity index (χ0v) is 21.3. The van der Waals surface area contributed by atoms with Crippen molar-refractivity contribution in [2.75, 3.05) is 4.90 Å². The number of anilines is 1. The molecule has 1 unspecified atom stereocenters. The number of ketones is 1. The number of aliphatic hydroxyl groups excluding tert-OH is 1. The minimum absolute atomic E-state index is 0.0174. The topological polar surface area (TPSA) is 96.3 Å². The van der Waals surface area contributed by atoms with Crippen LogP contribution >= 0.6 is 23.1 Å². The molecule has 5 rings (SSSR count). The molecule has 3 heterocycles. The van der Waals surface area contributed by atoms with Gasteiger partial charge in [-0.15, -0.1) is 10.2 Å². The van der Waals surface area contributed by atoms with Crippen molar-refractivity contribution in [3.8, 4) is 0 Å². The molecule has 2 aromatic carbocycles. The molecule has 4 aromatic rings. The first kappa shape index (κ1) is 24.8. The van der Waals surface area contributed by atoms with E-state index in [0.29, 0.717) is 21.2 Å². The zero-order chi connectivity index (χ0) is 25.9. The van der Waals surface area contributed by atoms with E-state index in [0.717, 1.165) is 17.5 Å². The number of amides is 1. The first-order valence-electron chi connectivity index (χ1n) is 11.5. The molecule has 0 aliphatic carbocycles. The number of Topliss-reactive ketones (excluding diaryl/α,β-unsaturated/α-hetero) is 1. The molecule has 0 saturated carbocycles. The van der Waals surface area contributed by atoms with Gasteiger partial charge in [0.1, 0.15) is 11.6 Å². The average molecular weight is 533 g/mol. The van der Waals surface area contributed by atoms with Gasteiger partial charge in [0.05, 0.1) is 11.6 Å². The molecule has 186 valence electrons. The number of halogens is 1. The van der Waals surface area contributed by atoms with E-state index in [1.54, 1.807) is 24.3 Å². The second-order valence-electron chi connectivity index (χ2n) is 8.27. The number of aliphatic hydroxyl groups is 1. The Kier molecular flexibility index (Phi) is 7.11. The van der Waals surface area contributed by atoms with Crippen LogP contribution in [0.2, 0.25) is 0 Å². The van der Waals surface area contributed by atoms with E-state index in [1.165, 1.54) is 52.5 Å². The minimum atomic E-state index is -0.873. The van der Waals surface area contributed by atoms with Gasteiger partial charge in [-0.1, -0.05) is 66.4 Å². The number of aryl methyl sites for hydroxylation is 1. The molecule has 2 aromatic heterocycles. The largest absolute Gasteiger partial charge is 0.507 e. The highest BCUT2D eigenvalue weighted by molar-refractivity contribution is 8.00. The van der Waals surface area contributed by atoms with Gasteiger partial charge in [0.15, 0.2) is 4.34 Å². The Labute approximate surface area is 220 Å². The number of carbonyl (C=O) groups excluding carboxylic acids is 2. The Morgan fingerprint density at radius 2 is 1.68 bits per heavy atom. The van der Waals surface area contributed by atoms with Crippen LogP contribution in [-0.4, -0.2) is 32.0 Å². The number of benzene rings is 2. The third-order valence-corrected chi connectivity index (χ3v) is 8.11. The van der Waals surface area contributed by atoms with Gasteiger partial charge in [-0.3, -0.25) is 19.5 Å². The number of nitrogens with zero attached hydrogens (tertiary/aromatic N) is 4. The molecule has 0 spiro atoms. The van der Waals surface area contributed by atoms with Crippen molar-refractivity contribution in [1.82, 2.24) is 15.2 Å². The summed E-state index contributed by atoms with van der Waals surface area (Å²) in [5.41, 5.74) is 3.05. The first-order chi connectivity index (χ1) is 18.0. The second-order valence-corrected chi connectivity index (χ2v) is 10.4. The summed E-state index contributed by atoms with van der Waals surface area (Å²) in [6.45, 7) is 2.04. The van der Waals surface area contributed by atoms with Crippen LogP contribution in [0.1, 0.15) is 35.2 Å². The molecule has 1 aliphatic heterocycles. The van der Waals surface area contributed by atoms with E-state index in [9.17, 15) is 19.1 Å². The molecule has 1 aliphatic rings. The number of hydrogen-bond donors (Lipinski definition) is 1. The minimum Gasteiger partial charge on any atom is -0.507 e. The summed E-state index contributed by atoms with van der Waals surface area (Å²) < 4.78 is 13.8. The summed E-state index contributed by atoms with van der Waals surface area (Å²) in [6.07, 6.45) is 3.85. The lowest BCUT2D eigenvalue weighted by atomic mass is 9.95. The molecule has 0 bridgehead atoms. The Hall–Kier alpha value is -3.89. The van der Waals surface area contributed by atoms with Gasteiger partial charge in [0.2, 0.25) is 5.13 Å². The van der Waals surface area contributed by atoms with Gasteiger partial charge < -0.3 is 5.11 Å². The molecule has 7 nitrogen and oxygen atoms in total. The van der Waals surface area contributed by atoms with E-state index in [-0.39, 0.29) is 22.3 Å². The third-order valence-electron chi connectivity index (χ3n) is 5.98. The fraction of sp³-hybridized carbons (Fsp3) is 0.148. The summed E-state index contributed by atoms with van der Waals surface area (Å²) in [5.74, 6) is -1.62. The van der Waals surface area contributed by atoms with E-state index >= 15 is 0 Å². The second kappa shape index (κ2) is 10.6. The lowest BCUT2D eigenvalue weighted by Crippen LogP contribution is -2.29. The normalized spacial score (nSPS) is 16.9. The van der Waals surface area contributed by atoms with Crippen LogP contribution in [0, 0.1) is 5.82 Å². The molecular formula is C27H21FN4O3S2. The van der Waals surface area contributed by atoms with Gasteiger partial charge in [0.25, 0.3) is 5.78 Å². The molecule has 1 fully saturated rings. The zero-order valence-electron chi connectivity index (χ0n) is 19.7. The highest BCUT2D eigenvalue weighted by Gasteiger charge is 2.48. The predicted octanol–water partition coefficient (Wildman–Crippen LogP) is 5.55. The van der Waals surface area contributed by atoms with Crippen molar-refractivity contribution in [3.05, 3.63) is 107 Å². The van der Waals surface area contributed by atoms with Crippen molar-refractivity contribution < 1.29 is 19.1 Å². The monoisotopic (exact) mass is 532 g/mol. The standard InChI is InChI=1S/C27H21FN4O3S2/c1-2-16-3-7-18(8-4-16)22-21(23(33)19-11-13-29-14-12-19)24(34)25(35)32(22)26-30-31-27(37-26)36-15-17-5-9-20(28)10-6-17/h3-14,22,33H,2,15H2,1H3. The van der Waals surface area contributed by atoms with Crippen molar-refractivity contribution in [2.45, 2.75) is 29.5 Å². The van der Waals surface area contributed by atoms with Gasteiger partial charge >= 0.3 is 5.91 Å². The molecule has 1 atom stereocenters. The highest BCUT2D eigenvalue weighted by atomic mass is 32.2. The lowest BCUT2D eigenvalue weighted by Gasteiger charge is -2.22. The number of thioether (sulfide) groups is 1. The highest BCUT2D eigenvalue weighted by Crippen LogP contribution is 2.44. The van der Waals surface area contributed by atoms with Gasteiger partial charge in [-0.05, 0) is 47.4 Å². The molecule has 1 saturated heterocycles. The number of rotatable bonds is 7. The van der Waals surface area contributed by atoms with Crippen LogP contribution in [0.5, 0.6) is 0 Å². The Morgan fingerprint density at radius 3 is 2.35 bits per heavy atom. The maximum atomic E-state index is 13.3. The van der Waals surface area contributed by atoms with Gasteiger partial charge in [-0.2, -0.15) is 0 Å². The summed E-state index contributed by atoms with van der Waals surface area (Å²) in [7, 11) is 0. The predicted molar refractivity (Wildman–Crippen MR) is 141 cm³/mol. The van der Waals surface area contributed by atoms with Crippen LogP contribution in [0.3, 0.4) is 0 Å². The molecule has 0 radical (unpaired) electrons. The Morgan fingerprint density at radius 1 is 1.00 bits per heavy atom. The molecular weight excluding hydrogens is 511 g/mol. The first-order valence-corrected chi connectivity index (χ1v) is 13.3. The summed E-state index contributed by atoms with van der Waals surface area (Å²) in [4.78, 5) is 31.8. The van der Waals surface area contributed by atoms with Crippen LogP contribution in [0.25, 0.3) is 5.76 Å². The molecule has 37 heavy (non-hydrogen) atoms. The van der Waals surface area contributed by atoms with Crippen LogP contribution in [0.4, 0.5) is 9.52 Å². The van der Waals surface area contributed by atoms with E-state index < -0.39 is 17.7 Å². The lowest BCUT2D eigenvalue weighted by molar-refractivity contribution is -0.132. The van der Waals surface area contributed by atoms with Crippen LogP contribution in [-0.2, 0) is 21.8 Å². The SMILES string of the molecule is CCc1ccc(C2C(=C(O)c3ccncc3)C(=O)C(=O)N2c2nnc(SCc3ccc(F)cc3)s2)cc1. The van der Waals surface area contributed by atoms with Crippen LogP contribution < -0.4 is 4.90 Å². The number of hydrogen-bond acceptors (Lipinski definition) is 8. The van der Waals surface area contributed by atoms with Gasteiger partial charge in [0, 0.05) is 23.7 Å². The molecule has 1 N–H and O–H groups in total. The van der Waals surface area contributed by atoms with E-state index in [4.69, 9.17) is 0 Å². The average Bonchev–Trinajstić information content (AvgIpc) is 3.50. The van der Waals surface area contributed by atoms with Crippen molar-refractivity contribution in [1.29, 1.82) is 0 Å². The number of pyridine rings is 1. The van der Waals surface area contributed by atoms with E-state index in [2.05, 4.69) is 15.2 Å². The van der Waals surface area contributed by atoms with Crippen molar-refractivity contribution in [3.63, 3.8) is 0 Å². The quantitative estimate of drug-likeness (QED) is 0.110. The molecule has 1 amide bonds. The Bertz CT molecular complexity index is 1470.